The van der Waals surface area contributed by atoms with Crippen molar-refractivity contribution in [2.45, 2.75) is 52.2 Å². The van der Waals surface area contributed by atoms with Crippen LogP contribution in [0.4, 0.5) is 4.39 Å². The summed E-state index contributed by atoms with van der Waals surface area (Å²) in [6.07, 6.45) is 1.08. The van der Waals surface area contributed by atoms with Crippen LogP contribution in [0.3, 0.4) is 0 Å². The summed E-state index contributed by atoms with van der Waals surface area (Å²) >= 11 is 5.91. The summed E-state index contributed by atoms with van der Waals surface area (Å²) in [7, 11) is 0. The van der Waals surface area contributed by atoms with Crippen LogP contribution in [0.5, 0.6) is 0 Å². The van der Waals surface area contributed by atoms with E-state index in [4.69, 9.17) is 11.6 Å². The van der Waals surface area contributed by atoms with Crippen LogP contribution in [-0.2, 0) is 6.54 Å². The Hall–Kier alpha value is -0.640. The highest BCUT2D eigenvalue weighted by molar-refractivity contribution is 6.30. The molecule has 4 heteroatoms. The molecule has 1 aromatic rings. The molecular weight excluding hydrogens is 287 g/mol. The van der Waals surface area contributed by atoms with Crippen molar-refractivity contribution >= 4 is 11.6 Å². The largest absolute Gasteiger partial charge is 0.311 e. The lowest BCUT2D eigenvalue weighted by Gasteiger charge is -2.49. The number of nitrogens with one attached hydrogen (secondary N) is 1. The average molecular weight is 313 g/mol. The van der Waals surface area contributed by atoms with E-state index in [2.05, 4.69) is 37.9 Å². The second-order valence-corrected chi connectivity index (χ2v) is 7.12. The predicted molar refractivity (Wildman–Crippen MR) is 87.1 cm³/mol. The van der Waals surface area contributed by atoms with Crippen LogP contribution < -0.4 is 5.32 Å². The molecule has 1 heterocycles. The Labute approximate surface area is 132 Å². The zero-order valence-corrected chi connectivity index (χ0v) is 14.2. The van der Waals surface area contributed by atoms with Gasteiger partial charge in [0.2, 0.25) is 0 Å². The Morgan fingerprint density at radius 2 is 2.19 bits per heavy atom. The molecule has 0 saturated carbocycles. The SMILES string of the molecule is CCC1(C)CNC(C(C)C)CN1Cc1ccc(F)c(Cl)c1. The molecule has 118 valence electrons. The summed E-state index contributed by atoms with van der Waals surface area (Å²) in [6, 6.07) is 5.55. The average Bonchev–Trinajstić information content (AvgIpc) is 2.45. The Morgan fingerprint density at radius 3 is 2.76 bits per heavy atom. The molecule has 1 aliphatic rings. The Balaban J connectivity index is 2.17. The molecule has 2 unspecified atom stereocenters. The molecule has 0 radical (unpaired) electrons. The van der Waals surface area contributed by atoms with E-state index < -0.39 is 0 Å². The number of piperazine rings is 1. The maximum absolute atomic E-state index is 13.3. The molecular formula is C17H26ClFN2. The fourth-order valence-electron chi connectivity index (χ4n) is 2.89. The third-order valence-electron chi connectivity index (χ3n) is 4.85. The van der Waals surface area contributed by atoms with Gasteiger partial charge in [0, 0.05) is 31.2 Å². The van der Waals surface area contributed by atoms with Crippen molar-refractivity contribution in [3.63, 3.8) is 0 Å². The Kier molecular flexibility index (Phi) is 5.29. The normalized spacial score (nSPS) is 27.3. The van der Waals surface area contributed by atoms with Crippen molar-refractivity contribution in [2.24, 2.45) is 5.92 Å². The molecule has 2 atom stereocenters. The molecule has 2 rings (SSSR count). The second kappa shape index (κ2) is 6.64. The van der Waals surface area contributed by atoms with Crippen LogP contribution >= 0.6 is 11.6 Å². The summed E-state index contributed by atoms with van der Waals surface area (Å²) in [4.78, 5) is 2.51. The first-order chi connectivity index (χ1) is 9.85. The number of halogens is 2. The number of nitrogens with zero attached hydrogens (tertiary/aromatic N) is 1. The molecule has 0 bridgehead atoms. The van der Waals surface area contributed by atoms with Crippen molar-refractivity contribution in [2.75, 3.05) is 13.1 Å². The predicted octanol–water partition coefficient (Wildman–Crippen LogP) is 4.08. The van der Waals surface area contributed by atoms with Crippen molar-refractivity contribution in [1.29, 1.82) is 0 Å². The number of hydrogen-bond acceptors (Lipinski definition) is 2. The molecule has 1 aliphatic heterocycles. The minimum atomic E-state index is -0.348. The maximum atomic E-state index is 13.3. The Morgan fingerprint density at radius 1 is 1.48 bits per heavy atom. The Bertz CT molecular complexity index is 492. The van der Waals surface area contributed by atoms with Crippen LogP contribution in [-0.4, -0.2) is 29.6 Å². The molecule has 0 amide bonds. The van der Waals surface area contributed by atoms with Crippen molar-refractivity contribution in [3.8, 4) is 0 Å². The minimum absolute atomic E-state index is 0.131. The van der Waals surface area contributed by atoms with Gasteiger partial charge in [-0.2, -0.15) is 0 Å². The lowest BCUT2D eigenvalue weighted by Crippen LogP contribution is -2.63. The van der Waals surface area contributed by atoms with Crippen LogP contribution in [0.25, 0.3) is 0 Å². The molecule has 0 aliphatic carbocycles. The number of rotatable bonds is 4. The second-order valence-electron chi connectivity index (χ2n) is 6.71. The number of benzene rings is 1. The molecule has 1 aromatic carbocycles. The van der Waals surface area contributed by atoms with E-state index >= 15 is 0 Å². The van der Waals surface area contributed by atoms with E-state index in [1.807, 2.05) is 6.07 Å². The van der Waals surface area contributed by atoms with E-state index in [1.54, 1.807) is 6.07 Å². The lowest BCUT2D eigenvalue weighted by atomic mass is 9.89. The molecule has 1 saturated heterocycles. The van der Waals surface area contributed by atoms with Gasteiger partial charge >= 0.3 is 0 Å². The van der Waals surface area contributed by atoms with Crippen molar-refractivity contribution < 1.29 is 4.39 Å². The molecule has 2 nitrogen and oxygen atoms in total. The van der Waals surface area contributed by atoms with Crippen LogP contribution in [0, 0.1) is 11.7 Å². The van der Waals surface area contributed by atoms with Gasteiger partial charge < -0.3 is 5.32 Å². The van der Waals surface area contributed by atoms with Crippen LogP contribution in [0.2, 0.25) is 5.02 Å². The van der Waals surface area contributed by atoms with Gasteiger partial charge in [-0.05, 0) is 37.0 Å². The van der Waals surface area contributed by atoms with Crippen LogP contribution in [0.15, 0.2) is 18.2 Å². The smallest absolute Gasteiger partial charge is 0.141 e. The van der Waals surface area contributed by atoms with Crippen molar-refractivity contribution in [1.82, 2.24) is 10.2 Å². The minimum Gasteiger partial charge on any atom is -0.311 e. The zero-order valence-electron chi connectivity index (χ0n) is 13.4. The van der Waals surface area contributed by atoms with Gasteiger partial charge in [0.25, 0.3) is 0 Å². The zero-order chi connectivity index (χ0) is 15.6. The first-order valence-electron chi connectivity index (χ1n) is 7.78. The van der Waals surface area contributed by atoms with Crippen LogP contribution in [0.1, 0.15) is 39.7 Å². The molecule has 21 heavy (non-hydrogen) atoms. The summed E-state index contributed by atoms with van der Waals surface area (Å²) in [6.45, 7) is 11.8. The van der Waals surface area contributed by atoms with E-state index in [0.717, 1.165) is 31.6 Å². The van der Waals surface area contributed by atoms with E-state index in [1.165, 1.54) is 6.07 Å². The van der Waals surface area contributed by atoms with Gasteiger partial charge in [0.1, 0.15) is 5.82 Å². The highest BCUT2D eigenvalue weighted by atomic mass is 35.5. The van der Waals surface area contributed by atoms with Gasteiger partial charge in [-0.1, -0.05) is 38.4 Å². The fourth-order valence-corrected chi connectivity index (χ4v) is 3.10. The van der Waals surface area contributed by atoms with Gasteiger partial charge in [0.15, 0.2) is 0 Å². The monoisotopic (exact) mass is 312 g/mol. The highest BCUT2D eigenvalue weighted by Gasteiger charge is 2.37. The van der Waals surface area contributed by atoms with Gasteiger partial charge in [0.05, 0.1) is 5.02 Å². The summed E-state index contributed by atoms with van der Waals surface area (Å²) in [5.41, 5.74) is 1.21. The highest BCUT2D eigenvalue weighted by Crippen LogP contribution is 2.27. The van der Waals surface area contributed by atoms with E-state index in [-0.39, 0.29) is 16.4 Å². The quantitative estimate of drug-likeness (QED) is 0.901. The molecule has 1 fully saturated rings. The molecule has 1 N–H and O–H groups in total. The van der Waals surface area contributed by atoms with E-state index in [0.29, 0.717) is 12.0 Å². The summed E-state index contributed by atoms with van der Waals surface area (Å²) < 4.78 is 13.3. The van der Waals surface area contributed by atoms with Gasteiger partial charge in [-0.25, -0.2) is 4.39 Å². The summed E-state index contributed by atoms with van der Waals surface area (Å²) in [5, 5.41) is 3.88. The standard InChI is InChI=1S/C17H26ClFN2/c1-5-17(4)11-20-16(12(2)3)10-21(17)9-13-6-7-15(19)14(18)8-13/h6-8,12,16,20H,5,9-11H2,1-4H3. The first kappa shape index (κ1) is 16.7. The topological polar surface area (TPSA) is 15.3 Å². The van der Waals surface area contributed by atoms with Gasteiger partial charge in [-0.15, -0.1) is 0 Å². The third-order valence-corrected chi connectivity index (χ3v) is 5.14. The maximum Gasteiger partial charge on any atom is 0.141 e. The fraction of sp³-hybridized carbons (Fsp3) is 0.647. The molecule has 0 spiro atoms. The summed E-state index contributed by atoms with van der Waals surface area (Å²) in [5.74, 6) is 0.254. The van der Waals surface area contributed by atoms with Crippen molar-refractivity contribution in [3.05, 3.63) is 34.6 Å². The molecule has 0 aromatic heterocycles. The lowest BCUT2D eigenvalue weighted by molar-refractivity contribution is 0.0316. The number of hydrogen-bond donors (Lipinski definition) is 1. The third kappa shape index (κ3) is 3.77. The van der Waals surface area contributed by atoms with E-state index in [9.17, 15) is 4.39 Å². The van der Waals surface area contributed by atoms with Gasteiger partial charge in [-0.3, -0.25) is 4.90 Å². The first-order valence-corrected chi connectivity index (χ1v) is 8.16.